The number of carbonyl (C=O) groups is 1. The largest absolute Gasteiger partial charge is 0.464 e. The van der Waals surface area contributed by atoms with Crippen LogP contribution in [0.5, 0.6) is 0 Å². The van der Waals surface area contributed by atoms with E-state index >= 15 is 0 Å². The van der Waals surface area contributed by atoms with Gasteiger partial charge in [0.1, 0.15) is 6.04 Å². The highest BCUT2D eigenvalue weighted by atomic mass is 16.5. The van der Waals surface area contributed by atoms with Crippen LogP contribution in [0.2, 0.25) is 0 Å². The van der Waals surface area contributed by atoms with Crippen molar-refractivity contribution in [1.29, 1.82) is 0 Å². The Balaban J connectivity index is 2.23. The van der Waals surface area contributed by atoms with Crippen LogP contribution < -0.4 is 5.73 Å². The van der Waals surface area contributed by atoms with Gasteiger partial charge in [0.15, 0.2) is 0 Å². The molecule has 0 radical (unpaired) electrons. The van der Waals surface area contributed by atoms with Crippen molar-refractivity contribution in [2.45, 2.75) is 32.2 Å². The van der Waals surface area contributed by atoms with Gasteiger partial charge in [0.05, 0.1) is 6.61 Å². The van der Waals surface area contributed by atoms with E-state index in [9.17, 15) is 4.79 Å². The predicted octanol–water partition coefficient (Wildman–Crippen LogP) is 1.90. The molecule has 0 saturated heterocycles. The summed E-state index contributed by atoms with van der Waals surface area (Å²) in [5.74, 6) is -0.294. The van der Waals surface area contributed by atoms with E-state index in [2.05, 4.69) is 0 Å². The first-order valence-electron chi connectivity index (χ1n) is 5.70. The second-order valence-corrected chi connectivity index (χ2v) is 3.80. The van der Waals surface area contributed by atoms with Crippen LogP contribution in [0, 0.1) is 0 Å². The lowest BCUT2D eigenvalue weighted by Crippen LogP contribution is -2.32. The molecule has 0 fully saturated rings. The highest BCUT2D eigenvalue weighted by molar-refractivity contribution is 5.75. The van der Waals surface area contributed by atoms with Crippen molar-refractivity contribution in [3.63, 3.8) is 0 Å². The molecule has 3 heteroatoms. The normalized spacial score (nSPS) is 12.1. The number of ether oxygens (including phenoxy) is 1. The number of hydrogen-bond acceptors (Lipinski definition) is 3. The van der Waals surface area contributed by atoms with E-state index in [1.54, 1.807) is 0 Å². The third-order valence-corrected chi connectivity index (χ3v) is 2.38. The third kappa shape index (κ3) is 4.45. The molecule has 0 heterocycles. The zero-order valence-corrected chi connectivity index (χ0v) is 9.69. The van der Waals surface area contributed by atoms with Crippen molar-refractivity contribution in [3.05, 3.63) is 35.9 Å². The molecule has 88 valence electrons. The number of hydrogen-bond donors (Lipinski definition) is 1. The predicted molar refractivity (Wildman–Crippen MR) is 64.0 cm³/mol. The van der Waals surface area contributed by atoms with Gasteiger partial charge in [-0.25, -0.2) is 0 Å². The van der Waals surface area contributed by atoms with Crippen molar-refractivity contribution in [2.24, 2.45) is 5.73 Å². The molecule has 2 N–H and O–H groups in total. The summed E-state index contributed by atoms with van der Waals surface area (Å²) in [6.07, 6.45) is 2.32. The zero-order chi connectivity index (χ0) is 11.8. The highest BCUT2D eigenvalue weighted by Gasteiger charge is 2.13. The van der Waals surface area contributed by atoms with Gasteiger partial charge in [-0.3, -0.25) is 4.79 Å². The molecular weight excluding hydrogens is 202 g/mol. The first kappa shape index (κ1) is 12.7. The Kier molecular flexibility index (Phi) is 5.57. The van der Waals surface area contributed by atoms with E-state index in [1.165, 1.54) is 5.56 Å². The second kappa shape index (κ2) is 7.01. The van der Waals surface area contributed by atoms with E-state index in [-0.39, 0.29) is 5.97 Å². The molecule has 3 nitrogen and oxygen atoms in total. The lowest BCUT2D eigenvalue weighted by molar-refractivity contribution is -0.145. The summed E-state index contributed by atoms with van der Waals surface area (Å²) in [5, 5.41) is 0. The van der Waals surface area contributed by atoms with Crippen LogP contribution in [0.4, 0.5) is 0 Å². The van der Waals surface area contributed by atoms with Crippen molar-refractivity contribution < 1.29 is 9.53 Å². The molecule has 0 aliphatic carbocycles. The average molecular weight is 221 g/mol. The Bertz CT molecular complexity index is 311. The topological polar surface area (TPSA) is 52.3 Å². The smallest absolute Gasteiger partial charge is 0.322 e. The van der Waals surface area contributed by atoms with Gasteiger partial charge in [0.25, 0.3) is 0 Å². The summed E-state index contributed by atoms with van der Waals surface area (Å²) in [7, 11) is 0. The van der Waals surface area contributed by atoms with Crippen LogP contribution in [0.25, 0.3) is 0 Å². The first-order valence-corrected chi connectivity index (χ1v) is 5.70. The molecule has 16 heavy (non-hydrogen) atoms. The Morgan fingerprint density at radius 2 is 2.06 bits per heavy atom. The summed E-state index contributed by atoms with van der Waals surface area (Å²) < 4.78 is 5.10. The zero-order valence-electron chi connectivity index (χ0n) is 9.69. The lowest BCUT2D eigenvalue weighted by Gasteiger charge is -2.10. The Hall–Kier alpha value is -1.35. The van der Waals surface area contributed by atoms with E-state index in [1.807, 2.05) is 37.3 Å². The monoisotopic (exact) mass is 221 g/mol. The molecule has 0 saturated carbocycles. The van der Waals surface area contributed by atoms with Crippen molar-refractivity contribution >= 4 is 5.97 Å². The van der Waals surface area contributed by atoms with Crippen LogP contribution in [0.3, 0.4) is 0 Å². The lowest BCUT2D eigenvalue weighted by atomic mass is 10.1. The highest BCUT2D eigenvalue weighted by Crippen LogP contribution is 2.01. The van der Waals surface area contributed by atoms with Crippen LogP contribution in [-0.2, 0) is 16.0 Å². The number of nitrogens with two attached hydrogens (primary N) is 1. The summed E-state index contributed by atoms with van der Waals surface area (Å²) in [6.45, 7) is 2.40. The Labute approximate surface area is 96.6 Å². The second-order valence-electron chi connectivity index (χ2n) is 3.80. The van der Waals surface area contributed by atoms with Gasteiger partial charge in [-0.1, -0.05) is 43.7 Å². The van der Waals surface area contributed by atoms with Crippen LogP contribution in [-0.4, -0.2) is 18.6 Å². The average Bonchev–Trinajstić information content (AvgIpc) is 2.30. The van der Waals surface area contributed by atoms with Gasteiger partial charge >= 0.3 is 5.97 Å². The molecule has 1 atom stereocenters. The molecule has 0 aliphatic heterocycles. The fourth-order valence-electron chi connectivity index (χ4n) is 1.45. The van der Waals surface area contributed by atoms with Gasteiger partial charge in [-0.2, -0.15) is 0 Å². The van der Waals surface area contributed by atoms with Crippen molar-refractivity contribution in [1.82, 2.24) is 0 Å². The third-order valence-electron chi connectivity index (χ3n) is 2.38. The molecular formula is C13H19NO2. The van der Waals surface area contributed by atoms with E-state index < -0.39 is 6.04 Å². The van der Waals surface area contributed by atoms with Gasteiger partial charge in [-0.15, -0.1) is 0 Å². The quantitative estimate of drug-likeness (QED) is 0.746. The number of carbonyl (C=O) groups excluding carboxylic acids is 1. The molecule has 1 aromatic rings. The summed E-state index contributed by atoms with van der Waals surface area (Å²) in [4.78, 5) is 11.4. The minimum Gasteiger partial charge on any atom is -0.464 e. The summed E-state index contributed by atoms with van der Waals surface area (Å²) in [5.41, 5.74) is 6.80. The van der Waals surface area contributed by atoms with E-state index in [0.717, 1.165) is 12.8 Å². The number of rotatable bonds is 6. The fraction of sp³-hybridized carbons (Fsp3) is 0.462. The van der Waals surface area contributed by atoms with Crippen LogP contribution >= 0.6 is 0 Å². The van der Waals surface area contributed by atoms with E-state index in [4.69, 9.17) is 10.5 Å². The fourth-order valence-corrected chi connectivity index (χ4v) is 1.45. The molecule has 0 spiro atoms. The maximum Gasteiger partial charge on any atom is 0.322 e. The molecule has 0 aromatic heterocycles. The van der Waals surface area contributed by atoms with Crippen LogP contribution in [0.15, 0.2) is 30.3 Å². The van der Waals surface area contributed by atoms with Crippen molar-refractivity contribution in [3.8, 4) is 0 Å². The number of benzene rings is 1. The van der Waals surface area contributed by atoms with Gasteiger partial charge < -0.3 is 10.5 Å². The van der Waals surface area contributed by atoms with Crippen LogP contribution in [0.1, 0.15) is 25.3 Å². The van der Waals surface area contributed by atoms with Crippen molar-refractivity contribution in [2.75, 3.05) is 6.61 Å². The Morgan fingerprint density at radius 1 is 1.38 bits per heavy atom. The minimum absolute atomic E-state index is 0.294. The molecule has 1 rings (SSSR count). The molecule has 0 amide bonds. The van der Waals surface area contributed by atoms with Gasteiger partial charge in [0.2, 0.25) is 0 Å². The molecule has 1 aromatic carbocycles. The number of esters is 1. The standard InChI is InChI=1S/C13H19NO2/c1-2-6-12(14)13(15)16-10-9-11-7-4-3-5-8-11/h3-5,7-8,12H,2,6,9-10,14H2,1H3. The molecule has 1 unspecified atom stereocenters. The Morgan fingerprint density at radius 3 is 2.69 bits per heavy atom. The van der Waals surface area contributed by atoms with Gasteiger partial charge in [0, 0.05) is 6.42 Å². The van der Waals surface area contributed by atoms with Gasteiger partial charge in [-0.05, 0) is 12.0 Å². The van der Waals surface area contributed by atoms with E-state index in [0.29, 0.717) is 13.0 Å². The summed E-state index contributed by atoms with van der Waals surface area (Å²) >= 11 is 0. The first-order chi connectivity index (χ1) is 7.74. The molecule has 0 aliphatic rings. The molecule has 0 bridgehead atoms. The maximum atomic E-state index is 11.4. The maximum absolute atomic E-state index is 11.4. The minimum atomic E-state index is -0.472. The summed E-state index contributed by atoms with van der Waals surface area (Å²) in [6, 6.07) is 9.47. The SMILES string of the molecule is CCCC(N)C(=O)OCCc1ccccc1.